The summed E-state index contributed by atoms with van der Waals surface area (Å²) in [5.41, 5.74) is 1.34. The minimum atomic E-state index is -0.653. The molecule has 1 aromatic carbocycles. The van der Waals surface area contributed by atoms with Crippen LogP contribution >= 0.6 is 0 Å². The second-order valence-electron chi connectivity index (χ2n) is 5.86. The van der Waals surface area contributed by atoms with Crippen LogP contribution in [0.3, 0.4) is 0 Å². The van der Waals surface area contributed by atoms with E-state index in [-0.39, 0.29) is 18.2 Å². The number of amides is 2. The van der Waals surface area contributed by atoms with E-state index in [0.29, 0.717) is 12.5 Å². The second-order valence-corrected chi connectivity index (χ2v) is 5.86. The molecule has 2 N–H and O–H groups in total. The fourth-order valence-electron chi connectivity index (χ4n) is 2.47. The molecular weight excluding hydrogens is 252 g/mol. The Kier molecular flexibility index (Phi) is 4.12. The summed E-state index contributed by atoms with van der Waals surface area (Å²) in [7, 11) is 0. The summed E-state index contributed by atoms with van der Waals surface area (Å²) in [5.74, 6) is 0.243. The van der Waals surface area contributed by atoms with Crippen molar-refractivity contribution >= 4 is 17.5 Å². The van der Waals surface area contributed by atoms with Gasteiger partial charge in [-0.15, -0.1) is 0 Å². The van der Waals surface area contributed by atoms with E-state index in [0.717, 1.165) is 17.7 Å². The molecule has 1 heterocycles. The average Bonchev–Trinajstić information content (AvgIpc) is 2.79. The van der Waals surface area contributed by atoms with Crippen LogP contribution in [0.4, 0.5) is 5.69 Å². The molecule has 20 heavy (non-hydrogen) atoms. The van der Waals surface area contributed by atoms with Gasteiger partial charge in [-0.3, -0.25) is 9.59 Å². The SMILES string of the molecule is CCC(C)c1ccccc1NC(=O)C1(C)CNC(=O)C1. The molecule has 0 aromatic heterocycles. The number of carbonyl (C=O) groups excluding carboxylic acids is 2. The van der Waals surface area contributed by atoms with E-state index in [9.17, 15) is 9.59 Å². The van der Waals surface area contributed by atoms with Gasteiger partial charge in [0.2, 0.25) is 11.8 Å². The van der Waals surface area contributed by atoms with Gasteiger partial charge < -0.3 is 10.6 Å². The molecule has 108 valence electrons. The molecule has 1 saturated heterocycles. The molecule has 2 rings (SSSR count). The first-order valence-corrected chi connectivity index (χ1v) is 7.13. The maximum absolute atomic E-state index is 12.4. The van der Waals surface area contributed by atoms with Gasteiger partial charge in [0.15, 0.2) is 0 Å². The van der Waals surface area contributed by atoms with Crippen LogP contribution in [-0.4, -0.2) is 18.4 Å². The lowest BCUT2D eigenvalue weighted by atomic mass is 9.88. The van der Waals surface area contributed by atoms with Gasteiger partial charge in [-0.05, 0) is 30.9 Å². The van der Waals surface area contributed by atoms with Crippen LogP contribution in [0.25, 0.3) is 0 Å². The van der Waals surface area contributed by atoms with Gasteiger partial charge in [-0.25, -0.2) is 0 Å². The van der Waals surface area contributed by atoms with Crippen molar-refractivity contribution < 1.29 is 9.59 Å². The quantitative estimate of drug-likeness (QED) is 0.886. The van der Waals surface area contributed by atoms with Crippen molar-refractivity contribution in [3.63, 3.8) is 0 Å². The highest BCUT2D eigenvalue weighted by Crippen LogP contribution is 2.30. The Balaban J connectivity index is 2.18. The van der Waals surface area contributed by atoms with Crippen molar-refractivity contribution in [3.05, 3.63) is 29.8 Å². The zero-order valence-corrected chi connectivity index (χ0v) is 12.3. The minimum Gasteiger partial charge on any atom is -0.355 e. The normalized spacial score (nSPS) is 23.2. The fourth-order valence-corrected chi connectivity index (χ4v) is 2.47. The number of anilines is 1. The zero-order chi connectivity index (χ0) is 14.8. The van der Waals surface area contributed by atoms with E-state index in [1.807, 2.05) is 31.2 Å². The van der Waals surface area contributed by atoms with E-state index >= 15 is 0 Å². The average molecular weight is 274 g/mol. The third-order valence-electron chi connectivity index (χ3n) is 4.13. The molecule has 0 spiro atoms. The van der Waals surface area contributed by atoms with Gasteiger partial charge in [0, 0.05) is 18.7 Å². The number of rotatable bonds is 4. The third kappa shape index (κ3) is 2.84. The molecule has 2 atom stereocenters. The first-order chi connectivity index (χ1) is 9.46. The van der Waals surface area contributed by atoms with Gasteiger partial charge in [0.1, 0.15) is 0 Å². The molecular formula is C16H22N2O2. The second kappa shape index (κ2) is 5.65. The Morgan fingerprint density at radius 1 is 1.45 bits per heavy atom. The van der Waals surface area contributed by atoms with Crippen molar-refractivity contribution in [1.29, 1.82) is 0 Å². The molecule has 0 saturated carbocycles. The lowest BCUT2D eigenvalue weighted by Crippen LogP contribution is -2.35. The van der Waals surface area contributed by atoms with Crippen molar-refractivity contribution in [2.24, 2.45) is 5.41 Å². The van der Waals surface area contributed by atoms with E-state index in [2.05, 4.69) is 24.5 Å². The largest absolute Gasteiger partial charge is 0.355 e. The maximum atomic E-state index is 12.4. The zero-order valence-electron chi connectivity index (χ0n) is 12.3. The standard InChI is InChI=1S/C16H22N2O2/c1-4-11(2)12-7-5-6-8-13(12)18-15(20)16(3)9-14(19)17-10-16/h5-8,11H,4,9-10H2,1-3H3,(H,17,19)(H,18,20). The van der Waals surface area contributed by atoms with Crippen LogP contribution < -0.4 is 10.6 Å². The highest BCUT2D eigenvalue weighted by Gasteiger charge is 2.40. The third-order valence-corrected chi connectivity index (χ3v) is 4.13. The van der Waals surface area contributed by atoms with Crippen LogP contribution in [0.2, 0.25) is 0 Å². The molecule has 4 heteroatoms. The van der Waals surface area contributed by atoms with Gasteiger partial charge in [-0.2, -0.15) is 0 Å². The van der Waals surface area contributed by atoms with Crippen molar-refractivity contribution in [1.82, 2.24) is 5.32 Å². The molecule has 2 unspecified atom stereocenters. The number of para-hydroxylation sites is 1. The first-order valence-electron chi connectivity index (χ1n) is 7.13. The summed E-state index contributed by atoms with van der Waals surface area (Å²) in [6.07, 6.45) is 1.27. The molecule has 1 fully saturated rings. The summed E-state index contributed by atoms with van der Waals surface area (Å²) in [5, 5.41) is 5.72. The number of hydrogen-bond donors (Lipinski definition) is 2. The molecule has 2 amide bonds. The Morgan fingerprint density at radius 2 is 2.15 bits per heavy atom. The summed E-state index contributed by atoms with van der Waals surface area (Å²) in [4.78, 5) is 23.8. The van der Waals surface area contributed by atoms with Crippen LogP contribution in [0.5, 0.6) is 0 Å². The van der Waals surface area contributed by atoms with Crippen LogP contribution in [0.1, 0.15) is 45.1 Å². The summed E-state index contributed by atoms with van der Waals surface area (Å²) < 4.78 is 0. The smallest absolute Gasteiger partial charge is 0.232 e. The minimum absolute atomic E-state index is 0.0575. The summed E-state index contributed by atoms with van der Waals surface area (Å²) in [6.45, 7) is 6.51. The Hall–Kier alpha value is -1.84. The van der Waals surface area contributed by atoms with E-state index < -0.39 is 5.41 Å². The topological polar surface area (TPSA) is 58.2 Å². The van der Waals surface area contributed by atoms with Gasteiger partial charge >= 0.3 is 0 Å². The molecule has 0 radical (unpaired) electrons. The molecule has 0 aliphatic carbocycles. The predicted octanol–water partition coefficient (Wildman–Crippen LogP) is 2.66. The van der Waals surface area contributed by atoms with Crippen LogP contribution in [-0.2, 0) is 9.59 Å². The molecule has 1 aliphatic heterocycles. The Morgan fingerprint density at radius 3 is 2.75 bits per heavy atom. The maximum Gasteiger partial charge on any atom is 0.232 e. The van der Waals surface area contributed by atoms with Crippen molar-refractivity contribution in [2.75, 3.05) is 11.9 Å². The van der Waals surface area contributed by atoms with Crippen molar-refractivity contribution in [3.8, 4) is 0 Å². The molecule has 1 aromatic rings. The van der Waals surface area contributed by atoms with E-state index in [4.69, 9.17) is 0 Å². The van der Waals surface area contributed by atoms with E-state index in [1.54, 1.807) is 0 Å². The number of carbonyl (C=O) groups is 2. The highest BCUT2D eigenvalue weighted by molar-refractivity contribution is 6.00. The Labute approximate surface area is 119 Å². The number of hydrogen-bond acceptors (Lipinski definition) is 2. The highest BCUT2D eigenvalue weighted by atomic mass is 16.2. The van der Waals surface area contributed by atoms with Gasteiger partial charge in [0.05, 0.1) is 5.41 Å². The van der Waals surface area contributed by atoms with Gasteiger partial charge in [-0.1, -0.05) is 32.0 Å². The molecule has 4 nitrogen and oxygen atoms in total. The van der Waals surface area contributed by atoms with E-state index in [1.165, 1.54) is 0 Å². The number of benzene rings is 1. The summed E-state index contributed by atoms with van der Waals surface area (Å²) in [6, 6.07) is 7.87. The van der Waals surface area contributed by atoms with Crippen LogP contribution in [0, 0.1) is 5.41 Å². The molecule has 0 bridgehead atoms. The Bertz CT molecular complexity index is 527. The monoisotopic (exact) mass is 274 g/mol. The van der Waals surface area contributed by atoms with Crippen LogP contribution in [0.15, 0.2) is 24.3 Å². The van der Waals surface area contributed by atoms with Crippen molar-refractivity contribution in [2.45, 2.75) is 39.5 Å². The fraction of sp³-hybridized carbons (Fsp3) is 0.500. The molecule has 1 aliphatic rings. The number of nitrogens with one attached hydrogen (secondary N) is 2. The van der Waals surface area contributed by atoms with Gasteiger partial charge in [0.25, 0.3) is 0 Å². The lowest BCUT2D eigenvalue weighted by Gasteiger charge is -2.22. The summed E-state index contributed by atoms with van der Waals surface area (Å²) >= 11 is 0. The first kappa shape index (κ1) is 14.6. The lowest BCUT2D eigenvalue weighted by molar-refractivity contribution is -0.126. The predicted molar refractivity (Wildman–Crippen MR) is 79.5 cm³/mol.